The maximum atomic E-state index is 5.75. The van der Waals surface area contributed by atoms with Gasteiger partial charge in [0.2, 0.25) is 0 Å². The fourth-order valence-corrected chi connectivity index (χ4v) is 1.64. The van der Waals surface area contributed by atoms with Crippen molar-refractivity contribution in [1.82, 2.24) is 0 Å². The lowest BCUT2D eigenvalue weighted by Crippen LogP contribution is -2.18. The molecule has 0 heterocycles. The highest BCUT2D eigenvalue weighted by Gasteiger charge is 2.06. The molecule has 0 aliphatic carbocycles. The third kappa shape index (κ3) is 4.31. The lowest BCUT2D eigenvalue weighted by atomic mass is 10.0. The van der Waals surface area contributed by atoms with Crippen molar-refractivity contribution in [3.8, 4) is 0 Å². The molecule has 1 aromatic carbocycles. The number of benzene rings is 1. The van der Waals surface area contributed by atoms with E-state index in [0.29, 0.717) is 0 Å². The number of ether oxygens (including phenoxy) is 2. The van der Waals surface area contributed by atoms with E-state index in [2.05, 4.69) is 24.3 Å². The molecule has 0 aliphatic rings. The zero-order valence-corrected chi connectivity index (χ0v) is 10.3. The fourth-order valence-electron chi connectivity index (χ4n) is 1.64. The highest BCUT2D eigenvalue weighted by atomic mass is 16.7. The summed E-state index contributed by atoms with van der Waals surface area (Å²) in [6, 6.07) is 8.63. The first kappa shape index (κ1) is 13.2. The van der Waals surface area contributed by atoms with Crippen LogP contribution in [0.2, 0.25) is 0 Å². The van der Waals surface area contributed by atoms with Gasteiger partial charge in [0.15, 0.2) is 6.29 Å². The number of hydrogen-bond acceptors (Lipinski definition) is 3. The summed E-state index contributed by atoms with van der Waals surface area (Å²) in [7, 11) is 3.30. The second-order valence-electron chi connectivity index (χ2n) is 4.10. The molecule has 0 saturated carbocycles. The molecule has 0 spiro atoms. The molecule has 90 valence electrons. The van der Waals surface area contributed by atoms with Gasteiger partial charge in [-0.15, -0.1) is 0 Å². The molecule has 0 fully saturated rings. The first-order chi connectivity index (χ1) is 7.65. The fraction of sp³-hybridized carbons (Fsp3) is 0.538. The summed E-state index contributed by atoms with van der Waals surface area (Å²) >= 11 is 0. The summed E-state index contributed by atoms with van der Waals surface area (Å²) < 4.78 is 10.3. The number of methoxy groups -OCH3 is 2. The first-order valence-electron chi connectivity index (χ1n) is 5.54. The SMILES string of the molecule is COC(Cc1ccc(C[C@@H](C)N)cc1)OC. The minimum Gasteiger partial charge on any atom is -0.356 e. The Morgan fingerprint density at radius 3 is 1.81 bits per heavy atom. The molecule has 1 rings (SSSR count). The highest BCUT2D eigenvalue weighted by Crippen LogP contribution is 2.10. The molecule has 2 N–H and O–H groups in total. The maximum absolute atomic E-state index is 5.75. The zero-order valence-electron chi connectivity index (χ0n) is 10.3. The van der Waals surface area contributed by atoms with Crippen LogP contribution in [0.15, 0.2) is 24.3 Å². The van der Waals surface area contributed by atoms with Crippen LogP contribution in [0.25, 0.3) is 0 Å². The van der Waals surface area contributed by atoms with E-state index in [9.17, 15) is 0 Å². The second-order valence-corrected chi connectivity index (χ2v) is 4.10. The van der Waals surface area contributed by atoms with Crippen molar-refractivity contribution in [3.63, 3.8) is 0 Å². The third-order valence-electron chi connectivity index (χ3n) is 2.51. The van der Waals surface area contributed by atoms with Gasteiger partial charge in [0.1, 0.15) is 0 Å². The van der Waals surface area contributed by atoms with Gasteiger partial charge >= 0.3 is 0 Å². The van der Waals surface area contributed by atoms with Crippen molar-refractivity contribution in [1.29, 1.82) is 0 Å². The Bertz CT molecular complexity index is 291. The topological polar surface area (TPSA) is 44.5 Å². The molecule has 0 radical (unpaired) electrons. The van der Waals surface area contributed by atoms with Crippen LogP contribution in [0, 0.1) is 0 Å². The van der Waals surface area contributed by atoms with E-state index in [0.717, 1.165) is 12.8 Å². The van der Waals surface area contributed by atoms with E-state index in [1.54, 1.807) is 14.2 Å². The van der Waals surface area contributed by atoms with E-state index in [-0.39, 0.29) is 12.3 Å². The van der Waals surface area contributed by atoms with Crippen molar-refractivity contribution in [2.24, 2.45) is 5.73 Å². The molecular formula is C13H21NO2. The lowest BCUT2D eigenvalue weighted by molar-refractivity contribution is -0.100. The Labute approximate surface area is 97.6 Å². The predicted molar refractivity (Wildman–Crippen MR) is 65.3 cm³/mol. The molecule has 3 heteroatoms. The number of rotatable bonds is 6. The smallest absolute Gasteiger partial charge is 0.160 e. The monoisotopic (exact) mass is 223 g/mol. The summed E-state index contributed by atoms with van der Waals surface area (Å²) in [5, 5.41) is 0. The van der Waals surface area contributed by atoms with Crippen LogP contribution in [0.5, 0.6) is 0 Å². The molecule has 1 atom stereocenters. The first-order valence-corrected chi connectivity index (χ1v) is 5.54. The molecule has 0 aliphatic heterocycles. The second kappa shape index (κ2) is 6.63. The van der Waals surface area contributed by atoms with Crippen LogP contribution in [0.1, 0.15) is 18.1 Å². The van der Waals surface area contributed by atoms with Gasteiger partial charge in [-0.2, -0.15) is 0 Å². The third-order valence-corrected chi connectivity index (χ3v) is 2.51. The Morgan fingerprint density at radius 2 is 1.44 bits per heavy atom. The molecular weight excluding hydrogens is 202 g/mol. The number of hydrogen-bond donors (Lipinski definition) is 1. The van der Waals surface area contributed by atoms with E-state index in [1.807, 2.05) is 6.92 Å². The molecule has 0 aromatic heterocycles. The molecule has 3 nitrogen and oxygen atoms in total. The summed E-state index contributed by atoms with van der Waals surface area (Å²) in [5.41, 5.74) is 8.23. The van der Waals surface area contributed by atoms with Gasteiger partial charge in [-0.1, -0.05) is 24.3 Å². The van der Waals surface area contributed by atoms with Crippen molar-refractivity contribution in [3.05, 3.63) is 35.4 Å². The Hall–Kier alpha value is -0.900. The van der Waals surface area contributed by atoms with Crippen molar-refractivity contribution >= 4 is 0 Å². The van der Waals surface area contributed by atoms with Gasteiger partial charge in [0.05, 0.1) is 0 Å². The molecule has 0 amide bonds. The quantitative estimate of drug-likeness (QED) is 0.747. The standard InChI is InChI=1S/C13H21NO2/c1-10(14)8-11-4-6-12(7-5-11)9-13(15-2)16-3/h4-7,10,13H,8-9,14H2,1-3H3/t10-/m1/s1. The molecule has 0 unspecified atom stereocenters. The minimum atomic E-state index is -0.167. The lowest BCUT2D eigenvalue weighted by Gasteiger charge is -2.13. The van der Waals surface area contributed by atoms with E-state index in [1.165, 1.54) is 11.1 Å². The average Bonchev–Trinajstić information content (AvgIpc) is 2.27. The van der Waals surface area contributed by atoms with Crippen molar-refractivity contribution in [2.75, 3.05) is 14.2 Å². The van der Waals surface area contributed by atoms with Crippen LogP contribution in [0.3, 0.4) is 0 Å². The van der Waals surface area contributed by atoms with E-state index < -0.39 is 0 Å². The van der Waals surface area contributed by atoms with Crippen LogP contribution < -0.4 is 5.73 Å². The molecule has 0 saturated heterocycles. The van der Waals surface area contributed by atoms with E-state index in [4.69, 9.17) is 15.2 Å². The van der Waals surface area contributed by atoms with Crippen LogP contribution >= 0.6 is 0 Å². The highest BCUT2D eigenvalue weighted by molar-refractivity contribution is 5.23. The average molecular weight is 223 g/mol. The van der Waals surface area contributed by atoms with Gasteiger partial charge in [-0.05, 0) is 24.5 Å². The Balaban J connectivity index is 2.57. The molecule has 0 bridgehead atoms. The molecule has 16 heavy (non-hydrogen) atoms. The predicted octanol–water partition coefficient (Wildman–Crippen LogP) is 1.74. The van der Waals surface area contributed by atoms with Gasteiger partial charge in [0, 0.05) is 26.7 Å². The van der Waals surface area contributed by atoms with Gasteiger partial charge in [-0.3, -0.25) is 0 Å². The maximum Gasteiger partial charge on any atom is 0.160 e. The minimum absolute atomic E-state index is 0.167. The van der Waals surface area contributed by atoms with Crippen LogP contribution in [-0.2, 0) is 22.3 Å². The van der Waals surface area contributed by atoms with Gasteiger partial charge < -0.3 is 15.2 Å². The summed E-state index contributed by atoms with van der Waals surface area (Å²) in [6.07, 6.45) is 1.52. The molecule has 1 aromatic rings. The summed E-state index contributed by atoms with van der Waals surface area (Å²) in [5.74, 6) is 0. The normalized spacial score (nSPS) is 13.1. The van der Waals surface area contributed by atoms with Crippen LogP contribution in [-0.4, -0.2) is 26.6 Å². The van der Waals surface area contributed by atoms with Crippen molar-refractivity contribution < 1.29 is 9.47 Å². The Morgan fingerprint density at radius 1 is 1.00 bits per heavy atom. The van der Waals surface area contributed by atoms with Gasteiger partial charge in [0.25, 0.3) is 0 Å². The zero-order chi connectivity index (χ0) is 12.0. The van der Waals surface area contributed by atoms with E-state index >= 15 is 0 Å². The summed E-state index contributed by atoms with van der Waals surface area (Å²) in [6.45, 7) is 2.01. The summed E-state index contributed by atoms with van der Waals surface area (Å²) in [4.78, 5) is 0. The largest absolute Gasteiger partial charge is 0.356 e. The van der Waals surface area contributed by atoms with Gasteiger partial charge in [-0.25, -0.2) is 0 Å². The number of nitrogens with two attached hydrogens (primary N) is 1. The Kier molecular flexibility index (Phi) is 5.46. The van der Waals surface area contributed by atoms with Crippen molar-refractivity contribution in [2.45, 2.75) is 32.1 Å². The van der Waals surface area contributed by atoms with Crippen LogP contribution in [0.4, 0.5) is 0 Å².